The Kier molecular flexibility index (Phi) is 4.94. The predicted octanol–water partition coefficient (Wildman–Crippen LogP) is 0.795. The maximum atomic E-state index is 11.6. The molecule has 0 spiro atoms. The number of carbonyl (C=O) groups is 1. The van der Waals surface area contributed by atoms with Crippen LogP contribution in [0.25, 0.3) is 0 Å². The quantitative estimate of drug-likeness (QED) is 0.553. The Morgan fingerprint density at radius 1 is 1.45 bits per heavy atom. The number of ether oxygens (including phenoxy) is 1. The minimum Gasteiger partial charge on any atom is -0.450 e. The zero-order chi connectivity index (χ0) is 14.4. The summed E-state index contributed by atoms with van der Waals surface area (Å²) in [6.07, 6.45) is 4.66. The molecule has 0 radical (unpaired) electrons. The zero-order valence-corrected chi connectivity index (χ0v) is 11.5. The van der Waals surface area contributed by atoms with Crippen molar-refractivity contribution < 1.29 is 9.53 Å². The molecular weight excluding hydrogens is 260 g/mol. The summed E-state index contributed by atoms with van der Waals surface area (Å²) < 4.78 is 4.99. The van der Waals surface area contributed by atoms with E-state index in [-0.39, 0.29) is 12.1 Å². The van der Waals surface area contributed by atoms with E-state index >= 15 is 0 Å². The average molecular weight is 280 g/mol. The summed E-state index contributed by atoms with van der Waals surface area (Å²) in [4.78, 5) is 21.6. The fourth-order valence-corrected chi connectivity index (χ4v) is 2.14. The fraction of sp³-hybridized carbons (Fsp3) is 0.583. The van der Waals surface area contributed by atoms with E-state index < -0.39 is 0 Å². The molecule has 4 N–H and O–H groups in total. The molecule has 0 unspecified atom stereocenters. The van der Waals surface area contributed by atoms with Crippen molar-refractivity contribution in [3.05, 3.63) is 12.4 Å². The van der Waals surface area contributed by atoms with Gasteiger partial charge in [-0.3, -0.25) is 4.98 Å². The SMILES string of the molecule is CCOC(=O)N1CCC(Nc2cncc(NN)n2)CC1. The number of nitrogens with zero attached hydrogens (tertiary/aromatic N) is 3. The Balaban J connectivity index is 1.83. The molecule has 1 aliphatic heterocycles. The van der Waals surface area contributed by atoms with Gasteiger partial charge in [0.05, 0.1) is 19.0 Å². The van der Waals surface area contributed by atoms with Gasteiger partial charge in [0.15, 0.2) is 5.82 Å². The van der Waals surface area contributed by atoms with E-state index in [4.69, 9.17) is 10.6 Å². The number of anilines is 2. The molecule has 0 bridgehead atoms. The maximum absolute atomic E-state index is 11.6. The summed E-state index contributed by atoms with van der Waals surface area (Å²) in [5, 5.41) is 3.30. The first kappa shape index (κ1) is 14.3. The molecule has 0 aliphatic carbocycles. The molecule has 2 heterocycles. The van der Waals surface area contributed by atoms with Gasteiger partial charge >= 0.3 is 6.09 Å². The minimum absolute atomic E-state index is 0.236. The van der Waals surface area contributed by atoms with Crippen LogP contribution in [0.2, 0.25) is 0 Å². The topological polar surface area (TPSA) is 105 Å². The first-order valence-corrected chi connectivity index (χ1v) is 6.69. The number of aromatic nitrogens is 2. The number of rotatable bonds is 4. The van der Waals surface area contributed by atoms with Crippen LogP contribution in [0, 0.1) is 0 Å². The number of amides is 1. The third-order valence-electron chi connectivity index (χ3n) is 3.16. The molecule has 2 rings (SSSR count). The number of hydrogen-bond donors (Lipinski definition) is 3. The molecule has 0 aromatic carbocycles. The van der Waals surface area contributed by atoms with Crippen molar-refractivity contribution in [3.8, 4) is 0 Å². The number of nitrogens with two attached hydrogens (primary N) is 1. The summed E-state index contributed by atoms with van der Waals surface area (Å²) in [6.45, 7) is 3.58. The lowest BCUT2D eigenvalue weighted by molar-refractivity contribution is 0.0983. The number of nitrogen functional groups attached to an aromatic ring is 1. The summed E-state index contributed by atoms with van der Waals surface area (Å²) in [6, 6.07) is 0.267. The second kappa shape index (κ2) is 6.90. The zero-order valence-electron chi connectivity index (χ0n) is 11.5. The molecule has 8 heteroatoms. The van der Waals surface area contributed by atoms with Crippen LogP contribution in [-0.4, -0.2) is 46.7 Å². The van der Waals surface area contributed by atoms with Crippen LogP contribution in [0.15, 0.2) is 12.4 Å². The van der Waals surface area contributed by atoms with Crippen LogP contribution in [0.4, 0.5) is 16.4 Å². The molecule has 1 aromatic heterocycles. The van der Waals surface area contributed by atoms with Crippen molar-refractivity contribution in [3.63, 3.8) is 0 Å². The Bertz CT molecular complexity index is 447. The molecule has 1 fully saturated rings. The van der Waals surface area contributed by atoms with Gasteiger partial charge in [-0.2, -0.15) is 0 Å². The molecule has 1 saturated heterocycles. The van der Waals surface area contributed by atoms with E-state index in [0.29, 0.717) is 31.3 Å². The van der Waals surface area contributed by atoms with Crippen LogP contribution < -0.4 is 16.6 Å². The minimum atomic E-state index is -0.236. The second-order valence-electron chi connectivity index (χ2n) is 4.54. The van der Waals surface area contributed by atoms with Gasteiger partial charge in [-0.15, -0.1) is 0 Å². The third kappa shape index (κ3) is 3.70. The van der Waals surface area contributed by atoms with Crippen LogP contribution >= 0.6 is 0 Å². The van der Waals surface area contributed by atoms with Gasteiger partial charge in [-0.05, 0) is 19.8 Å². The number of carbonyl (C=O) groups excluding carboxylic acids is 1. The Hall–Kier alpha value is -2.09. The maximum Gasteiger partial charge on any atom is 0.409 e. The van der Waals surface area contributed by atoms with Crippen molar-refractivity contribution in [1.82, 2.24) is 14.9 Å². The largest absolute Gasteiger partial charge is 0.450 e. The molecule has 0 saturated carbocycles. The van der Waals surface area contributed by atoms with Gasteiger partial charge in [0.25, 0.3) is 0 Å². The van der Waals surface area contributed by atoms with Gasteiger partial charge in [-0.25, -0.2) is 15.6 Å². The van der Waals surface area contributed by atoms with Crippen molar-refractivity contribution in [2.75, 3.05) is 30.4 Å². The summed E-state index contributed by atoms with van der Waals surface area (Å²) in [5.74, 6) is 6.48. The number of likely N-dealkylation sites (tertiary alicyclic amines) is 1. The van der Waals surface area contributed by atoms with Crippen LogP contribution in [0.3, 0.4) is 0 Å². The summed E-state index contributed by atoms with van der Waals surface area (Å²) >= 11 is 0. The van der Waals surface area contributed by atoms with Crippen molar-refractivity contribution in [1.29, 1.82) is 0 Å². The van der Waals surface area contributed by atoms with Gasteiger partial charge < -0.3 is 20.4 Å². The fourth-order valence-electron chi connectivity index (χ4n) is 2.14. The Morgan fingerprint density at radius 3 is 2.80 bits per heavy atom. The highest BCUT2D eigenvalue weighted by atomic mass is 16.6. The molecule has 110 valence electrons. The molecule has 1 amide bonds. The van der Waals surface area contributed by atoms with E-state index in [9.17, 15) is 4.79 Å². The summed E-state index contributed by atoms with van der Waals surface area (Å²) in [5.41, 5.74) is 2.46. The standard InChI is InChI=1S/C12H20N6O2/c1-2-20-12(19)18-5-3-9(4-6-18)15-10-7-14-8-11(16-10)17-13/h7-9H,2-6,13H2,1H3,(H2,15,16,17). The van der Waals surface area contributed by atoms with E-state index in [1.165, 1.54) is 0 Å². The number of nitrogens with one attached hydrogen (secondary N) is 2. The highest BCUT2D eigenvalue weighted by Crippen LogP contribution is 2.16. The molecular formula is C12H20N6O2. The van der Waals surface area contributed by atoms with Gasteiger partial charge in [0, 0.05) is 19.1 Å². The molecule has 0 atom stereocenters. The highest BCUT2D eigenvalue weighted by molar-refractivity contribution is 5.67. The lowest BCUT2D eigenvalue weighted by Crippen LogP contribution is -2.42. The lowest BCUT2D eigenvalue weighted by Gasteiger charge is -2.31. The van der Waals surface area contributed by atoms with E-state index in [0.717, 1.165) is 12.8 Å². The first-order chi connectivity index (χ1) is 9.72. The highest BCUT2D eigenvalue weighted by Gasteiger charge is 2.23. The molecule has 8 nitrogen and oxygen atoms in total. The predicted molar refractivity (Wildman–Crippen MR) is 75.1 cm³/mol. The van der Waals surface area contributed by atoms with E-state index in [2.05, 4.69) is 20.7 Å². The van der Waals surface area contributed by atoms with Crippen LogP contribution in [0.5, 0.6) is 0 Å². The van der Waals surface area contributed by atoms with Gasteiger partial charge in [0.2, 0.25) is 0 Å². The smallest absolute Gasteiger partial charge is 0.409 e. The molecule has 1 aliphatic rings. The number of hydrogen-bond acceptors (Lipinski definition) is 7. The average Bonchev–Trinajstić information content (AvgIpc) is 2.48. The van der Waals surface area contributed by atoms with Crippen molar-refractivity contribution >= 4 is 17.7 Å². The second-order valence-corrected chi connectivity index (χ2v) is 4.54. The van der Waals surface area contributed by atoms with Gasteiger partial charge in [-0.1, -0.05) is 0 Å². The third-order valence-corrected chi connectivity index (χ3v) is 3.16. The normalized spacial score (nSPS) is 15.8. The molecule has 20 heavy (non-hydrogen) atoms. The monoisotopic (exact) mass is 280 g/mol. The van der Waals surface area contributed by atoms with Gasteiger partial charge in [0.1, 0.15) is 5.82 Å². The Morgan fingerprint density at radius 2 is 2.15 bits per heavy atom. The van der Waals surface area contributed by atoms with Crippen LogP contribution in [0.1, 0.15) is 19.8 Å². The van der Waals surface area contributed by atoms with E-state index in [1.807, 2.05) is 6.92 Å². The van der Waals surface area contributed by atoms with Crippen LogP contribution in [-0.2, 0) is 4.74 Å². The molecule has 1 aromatic rings. The van der Waals surface area contributed by atoms with E-state index in [1.54, 1.807) is 17.3 Å². The Labute approximate surface area is 117 Å². The van der Waals surface area contributed by atoms with Crippen molar-refractivity contribution in [2.45, 2.75) is 25.8 Å². The summed E-state index contributed by atoms with van der Waals surface area (Å²) in [7, 11) is 0. The first-order valence-electron chi connectivity index (χ1n) is 6.69. The number of piperidine rings is 1. The lowest BCUT2D eigenvalue weighted by atomic mass is 10.1. The number of hydrazine groups is 1. The van der Waals surface area contributed by atoms with Crippen molar-refractivity contribution in [2.24, 2.45) is 5.84 Å².